The monoisotopic (exact) mass is 223 g/mol. The van der Waals surface area contributed by atoms with Crippen molar-refractivity contribution < 1.29 is 9.18 Å². The van der Waals surface area contributed by atoms with Crippen LogP contribution in [0.1, 0.15) is 35.7 Å². The van der Waals surface area contributed by atoms with Gasteiger partial charge in [-0.2, -0.15) is 0 Å². The zero-order valence-corrected chi connectivity index (χ0v) is 9.85. The van der Waals surface area contributed by atoms with Gasteiger partial charge in [-0.3, -0.25) is 4.79 Å². The number of ketones is 1. The minimum atomic E-state index is -0.263. The Labute approximate surface area is 95.9 Å². The van der Waals surface area contributed by atoms with E-state index in [9.17, 15) is 9.18 Å². The highest BCUT2D eigenvalue weighted by Gasteiger charge is 2.07. The summed E-state index contributed by atoms with van der Waals surface area (Å²) >= 11 is 0. The van der Waals surface area contributed by atoms with Crippen molar-refractivity contribution in [1.82, 2.24) is 5.32 Å². The molecule has 88 valence electrons. The Kier molecular flexibility index (Phi) is 5.12. The molecule has 3 heteroatoms. The van der Waals surface area contributed by atoms with Crippen molar-refractivity contribution in [3.8, 4) is 0 Å². The highest BCUT2D eigenvalue weighted by atomic mass is 19.1. The van der Waals surface area contributed by atoms with Crippen molar-refractivity contribution in [1.29, 1.82) is 0 Å². The molecular formula is C13H18FNO. The average molecular weight is 223 g/mol. The molecule has 0 atom stereocenters. The Morgan fingerprint density at radius 3 is 2.75 bits per heavy atom. The van der Waals surface area contributed by atoms with Crippen LogP contribution in [0.5, 0.6) is 0 Å². The molecule has 1 aromatic rings. The molecule has 0 fully saturated rings. The number of halogens is 1. The lowest BCUT2D eigenvalue weighted by Gasteiger charge is -2.04. The van der Waals surface area contributed by atoms with E-state index in [4.69, 9.17) is 0 Å². The predicted molar refractivity (Wildman–Crippen MR) is 63.2 cm³/mol. The normalized spacial score (nSPS) is 10.4. The van der Waals surface area contributed by atoms with E-state index in [1.165, 1.54) is 6.07 Å². The third kappa shape index (κ3) is 3.74. The molecule has 0 spiro atoms. The largest absolute Gasteiger partial charge is 0.316 e. The second-order valence-corrected chi connectivity index (χ2v) is 3.89. The van der Waals surface area contributed by atoms with Gasteiger partial charge in [-0.25, -0.2) is 4.39 Å². The highest BCUT2D eigenvalue weighted by Crippen LogP contribution is 2.10. The number of nitrogens with one attached hydrogen (secondary N) is 1. The summed E-state index contributed by atoms with van der Waals surface area (Å²) in [7, 11) is 0. The number of hydrogen-bond donors (Lipinski definition) is 1. The van der Waals surface area contributed by atoms with E-state index in [0.717, 1.165) is 13.0 Å². The Hall–Kier alpha value is -1.22. The van der Waals surface area contributed by atoms with Crippen LogP contribution in [-0.4, -0.2) is 18.9 Å². The first kappa shape index (κ1) is 12.8. The summed E-state index contributed by atoms with van der Waals surface area (Å²) in [6, 6.07) is 4.50. The number of Topliss-reactive ketones (excluding diaryl/α,β-unsaturated/α-hetero) is 1. The lowest BCUT2D eigenvalue weighted by Crippen LogP contribution is -2.19. The Bertz CT molecular complexity index is 363. The summed E-state index contributed by atoms with van der Waals surface area (Å²) in [6.45, 7) is 5.36. The summed E-state index contributed by atoms with van der Waals surface area (Å²) in [5.41, 5.74) is 1.12. The van der Waals surface area contributed by atoms with Crippen LogP contribution in [0.4, 0.5) is 4.39 Å². The lowest BCUT2D eigenvalue weighted by atomic mass is 10.1. The van der Waals surface area contributed by atoms with Gasteiger partial charge in [-0.1, -0.05) is 6.92 Å². The van der Waals surface area contributed by atoms with Crippen LogP contribution >= 0.6 is 0 Å². The van der Waals surface area contributed by atoms with Crippen molar-refractivity contribution in [2.75, 3.05) is 13.1 Å². The molecule has 0 aliphatic heterocycles. The second kappa shape index (κ2) is 6.38. The molecule has 16 heavy (non-hydrogen) atoms. The van der Waals surface area contributed by atoms with E-state index < -0.39 is 0 Å². The molecule has 0 saturated heterocycles. The van der Waals surface area contributed by atoms with Gasteiger partial charge in [-0.15, -0.1) is 0 Å². The molecule has 0 bridgehead atoms. The molecule has 0 aliphatic rings. The van der Waals surface area contributed by atoms with Gasteiger partial charge >= 0.3 is 0 Å². The number of aryl methyl sites for hydroxylation is 1. The van der Waals surface area contributed by atoms with Crippen molar-refractivity contribution in [3.63, 3.8) is 0 Å². The maximum atomic E-state index is 13.0. The smallest absolute Gasteiger partial charge is 0.164 e. The fraction of sp³-hybridized carbons (Fsp3) is 0.462. The van der Waals surface area contributed by atoms with Crippen LogP contribution in [0.3, 0.4) is 0 Å². The van der Waals surface area contributed by atoms with Gasteiger partial charge in [0.2, 0.25) is 0 Å². The third-order valence-electron chi connectivity index (χ3n) is 2.44. The minimum absolute atomic E-state index is 0.0618. The molecule has 2 nitrogen and oxygen atoms in total. The summed E-state index contributed by atoms with van der Waals surface area (Å²) in [6.07, 6.45) is 1.52. The molecule has 0 aliphatic carbocycles. The molecule has 0 amide bonds. The highest BCUT2D eigenvalue weighted by molar-refractivity contribution is 5.96. The second-order valence-electron chi connectivity index (χ2n) is 3.89. The number of carbonyl (C=O) groups excluding carboxylic acids is 1. The first-order valence-electron chi connectivity index (χ1n) is 5.65. The zero-order chi connectivity index (χ0) is 12.0. The van der Waals surface area contributed by atoms with Crippen LogP contribution in [0.25, 0.3) is 0 Å². The molecule has 1 rings (SSSR count). The average Bonchev–Trinajstić information content (AvgIpc) is 2.28. The van der Waals surface area contributed by atoms with E-state index in [2.05, 4.69) is 12.2 Å². The fourth-order valence-electron chi connectivity index (χ4n) is 1.47. The molecular weight excluding hydrogens is 205 g/mol. The number of hydrogen-bond acceptors (Lipinski definition) is 2. The van der Waals surface area contributed by atoms with Crippen molar-refractivity contribution in [2.24, 2.45) is 0 Å². The minimum Gasteiger partial charge on any atom is -0.316 e. The molecule has 0 saturated carbocycles. The first-order valence-corrected chi connectivity index (χ1v) is 5.65. The van der Waals surface area contributed by atoms with Crippen LogP contribution in [0, 0.1) is 12.7 Å². The summed E-state index contributed by atoms with van der Waals surface area (Å²) < 4.78 is 13.0. The van der Waals surface area contributed by atoms with Gasteiger partial charge in [0.15, 0.2) is 5.78 Å². The molecule has 0 aromatic heterocycles. The summed E-state index contributed by atoms with van der Waals surface area (Å²) in [5, 5.41) is 3.17. The summed E-state index contributed by atoms with van der Waals surface area (Å²) in [4.78, 5) is 11.7. The number of carbonyl (C=O) groups is 1. The van der Waals surface area contributed by atoms with E-state index in [0.29, 0.717) is 24.1 Å². The lowest BCUT2D eigenvalue weighted by molar-refractivity contribution is 0.0982. The molecule has 1 N–H and O–H groups in total. The molecule has 0 heterocycles. The van der Waals surface area contributed by atoms with Gasteiger partial charge in [-0.05, 0) is 43.7 Å². The van der Waals surface area contributed by atoms with Crippen LogP contribution in [0.2, 0.25) is 0 Å². The van der Waals surface area contributed by atoms with Gasteiger partial charge in [0.25, 0.3) is 0 Å². The Morgan fingerprint density at radius 2 is 2.12 bits per heavy atom. The van der Waals surface area contributed by atoms with E-state index >= 15 is 0 Å². The zero-order valence-electron chi connectivity index (χ0n) is 9.85. The fourth-order valence-corrected chi connectivity index (χ4v) is 1.47. The van der Waals surface area contributed by atoms with Crippen molar-refractivity contribution in [2.45, 2.75) is 26.7 Å². The first-order chi connectivity index (χ1) is 7.65. The molecule has 0 unspecified atom stereocenters. The van der Waals surface area contributed by atoms with Crippen LogP contribution in [-0.2, 0) is 0 Å². The van der Waals surface area contributed by atoms with E-state index in [1.54, 1.807) is 19.1 Å². The maximum absolute atomic E-state index is 13.0. The van der Waals surface area contributed by atoms with Crippen molar-refractivity contribution in [3.05, 3.63) is 35.1 Å². The number of benzene rings is 1. The SMILES string of the molecule is CCCNCCC(=O)c1ccc(F)c(C)c1. The predicted octanol–water partition coefficient (Wildman–Crippen LogP) is 2.71. The molecule has 0 radical (unpaired) electrons. The van der Waals surface area contributed by atoms with Gasteiger partial charge in [0, 0.05) is 18.5 Å². The van der Waals surface area contributed by atoms with Gasteiger partial charge in [0.1, 0.15) is 5.82 Å². The van der Waals surface area contributed by atoms with E-state index in [1.807, 2.05) is 0 Å². The van der Waals surface area contributed by atoms with Gasteiger partial charge in [0.05, 0.1) is 0 Å². The van der Waals surface area contributed by atoms with Gasteiger partial charge < -0.3 is 5.32 Å². The molecule has 1 aromatic carbocycles. The van der Waals surface area contributed by atoms with Crippen LogP contribution < -0.4 is 5.32 Å². The number of rotatable bonds is 6. The van der Waals surface area contributed by atoms with Crippen molar-refractivity contribution >= 4 is 5.78 Å². The van der Waals surface area contributed by atoms with Crippen LogP contribution in [0.15, 0.2) is 18.2 Å². The maximum Gasteiger partial charge on any atom is 0.164 e. The summed E-state index contributed by atoms with van der Waals surface area (Å²) in [5.74, 6) is -0.202. The Morgan fingerprint density at radius 1 is 1.38 bits per heavy atom. The third-order valence-corrected chi connectivity index (χ3v) is 2.44. The Balaban J connectivity index is 2.50. The topological polar surface area (TPSA) is 29.1 Å². The quantitative estimate of drug-likeness (QED) is 0.593. The standard InChI is InChI=1S/C13H18FNO/c1-3-7-15-8-6-13(16)11-4-5-12(14)10(2)9-11/h4-5,9,15H,3,6-8H2,1-2H3. The van der Waals surface area contributed by atoms with E-state index in [-0.39, 0.29) is 11.6 Å².